The van der Waals surface area contributed by atoms with E-state index in [0.717, 1.165) is 5.56 Å². The van der Waals surface area contributed by atoms with Crippen molar-refractivity contribution in [1.29, 1.82) is 0 Å². The van der Waals surface area contributed by atoms with E-state index in [9.17, 15) is 14.7 Å². The molecule has 2 N–H and O–H groups in total. The molecule has 2 aromatic carbocycles. The third-order valence-electron chi connectivity index (χ3n) is 3.71. The number of methoxy groups -OCH3 is 2. The molecule has 28 heavy (non-hydrogen) atoms. The molecule has 0 heterocycles. The Morgan fingerprint density at radius 2 is 1.75 bits per heavy atom. The van der Waals surface area contributed by atoms with E-state index < -0.39 is 12.1 Å². The monoisotopic (exact) mass is 383 g/mol. The fourth-order valence-electron chi connectivity index (χ4n) is 2.32. The summed E-state index contributed by atoms with van der Waals surface area (Å²) in [7, 11) is 2.89. The number of carboxylic acid groups (broad SMARTS) is 1. The number of carbonyl (C=O) groups excluding carboxylic acids is 1. The van der Waals surface area contributed by atoms with Crippen molar-refractivity contribution >= 4 is 12.1 Å². The summed E-state index contributed by atoms with van der Waals surface area (Å²) in [6.45, 7) is 0.461. The lowest BCUT2D eigenvalue weighted by atomic mass is 10.1. The smallest absolute Gasteiger partial charge is 0.407 e. The Hall–Kier alpha value is -3.66. The van der Waals surface area contributed by atoms with Crippen LogP contribution < -0.4 is 14.8 Å². The van der Waals surface area contributed by atoms with E-state index in [1.807, 2.05) is 30.3 Å². The van der Waals surface area contributed by atoms with Gasteiger partial charge in [-0.25, -0.2) is 9.59 Å². The molecule has 7 heteroatoms. The van der Waals surface area contributed by atoms with Crippen molar-refractivity contribution in [2.45, 2.75) is 13.0 Å². The van der Waals surface area contributed by atoms with Gasteiger partial charge in [0.15, 0.2) is 11.5 Å². The highest BCUT2D eigenvalue weighted by Crippen LogP contribution is 2.30. The molecule has 146 valence electrons. The SMILES string of the molecule is COc1cc(C#CCCNC(=O)OCc2ccccc2)c(C(=O)O)cc1OC. The van der Waals surface area contributed by atoms with Crippen LogP contribution in [-0.2, 0) is 11.3 Å². The lowest BCUT2D eigenvalue weighted by molar-refractivity contribution is 0.0696. The van der Waals surface area contributed by atoms with E-state index in [1.165, 1.54) is 26.4 Å². The van der Waals surface area contributed by atoms with Crippen LogP contribution in [0.3, 0.4) is 0 Å². The van der Waals surface area contributed by atoms with Crippen molar-refractivity contribution in [3.05, 3.63) is 59.2 Å². The van der Waals surface area contributed by atoms with Gasteiger partial charge in [0.2, 0.25) is 0 Å². The highest BCUT2D eigenvalue weighted by Gasteiger charge is 2.14. The Morgan fingerprint density at radius 1 is 1.07 bits per heavy atom. The van der Waals surface area contributed by atoms with Gasteiger partial charge in [-0.15, -0.1) is 0 Å². The molecule has 7 nitrogen and oxygen atoms in total. The molecule has 0 aromatic heterocycles. The molecule has 0 spiro atoms. The molecular weight excluding hydrogens is 362 g/mol. The molecule has 2 aromatic rings. The minimum absolute atomic E-state index is 0.0142. The van der Waals surface area contributed by atoms with Crippen LogP contribution in [0.15, 0.2) is 42.5 Å². The van der Waals surface area contributed by atoms with Crippen LogP contribution >= 0.6 is 0 Å². The zero-order valence-electron chi connectivity index (χ0n) is 15.7. The van der Waals surface area contributed by atoms with Crippen molar-refractivity contribution in [2.75, 3.05) is 20.8 Å². The molecule has 2 rings (SSSR count). The van der Waals surface area contributed by atoms with Crippen LogP contribution in [0, 0.1) is 11.8 Å². The summed E-state index contributed by atoms with van der Waals surface area (Å²) in [4.78, 5) is 23.1. The maximum absolute atomic E-state index is 11.7. The number of rotatable bonds is 7. The normalized spacial score (nSPS) is 9.64. The first-order valence-corrected chi connectivity index (χ1v) is 8.48. The first kappa shape index (κ1) is 20.6. The van der Waals surface area contributed by atoms with Crippen LogP contribution in [0.5, 0.6) is 11.5 Å². The maximum atomic E-state index is 11.7. The van der Waals surface area contributed by atoms with E-state index in [0.29, 0.717) is 23.5 Å². The number of benzene rings is 2. The fraction of sp³-hybridized carbons (Fsp3) is 0.238. The molecule has 0 radical (unpaired) electrons. The Bertz CT molecular complexity index is 883. The van der Waals surface area contributed by atoms with Gasteiger partial charge < -0.3 is 24.6 Å². The van der Waals surface area contributed by atoms with E-state index in [1.54, 1.807) is 0 Å². The molecular formula is C21H21NO6. The molecule has 0 aliphatic rings. The summed E-state index contributed by atoms with van der Waals surface area (Å²) in [5.74, 6) is 5.21. The number of carboxylic acids is 1. The van der Waals surface area contributed by atoms with E-state index in [-0.39, 0.29) is 18.7 Å². The van der Waals surface area contributed by atoms with Crippen LogP contribution in [0.25, 0.3) is 0 Å². The predicted molar refractivity (Wildman–Crippen MR) is 103 cm³/mol. The first-order chi connectivity index (χ1) is 13.5. The average molecular weight is 383 g/mol. The van der Waals surface area contributed by atoms with Crippen molar-refractivity contribution in [3.63, 3.8) is 0 Å². The lowest BCUT2D eigenvalue weighted by Gasteiger charge is -2.09. The average Bonchev–Trinajstić information content (AvgIpc) is 2.72. The number of hydrogen-bond acceptors (Lipinski definition) is 5. The predicted octanol–water partition coefficient (Wildman–Crippen LogP) is 3.07. The number of carbonyl (C=O) groups is 2. The highest BCUT2D eigenvalue weighted by atomic mass is 16.5. The Kier molecular flexibility index (Phi) is 7.73. The molecule has 0 aliphatic heterocycles. The molecule has 0 atom stereocenters. The van der Waals surface area contributed by atoms with Gasteiger partial charge in [-0.2, -0.15) is 0 Å². The summed E-state index contributed by atoms with van der Waals surface area (Å²) in [5.41, 5.74) is 1.21. The third kappa shape index (κ3) is 5.95. The van der Waals surface area contributed by atoms with Gasteiger partial charge in [-0.1, -0.05) is 42.2 Å². The van der Waals surface area contributed by atoms with Crippen molar-refractivity contribution < 1.29 is 28.9 Å². The Morgan fingerprint density at radius 3 is 2.39 bits per heavy atom. The van der Waals surface area contributed by atoms with E-state index in [4.69, 9.17) is 14.2 Å². The lowest BCUT2D eigenvalue weighted by Crippen LogP contribution is -2.24. The van der Waals surface area contributed by atoms with Gasteiger partial charge in [-0.05, 0) is 11.6 Å². The van der Waals surface area contributed by atoms with E-state index >= 15 is 0 Å². The number of aromatic carboxylic acids is 1. The molecule has 0 fully saturated rings. The van der Waals surface area contributed by atoms with Gasteiger partial charge in [0.1, 0.15) is 6.61 Å². The van der Waals surface area contributed by atoms with Crippen LogP contribution in [-0.4, -0.2) is 37.9 Å². The fourth-order valence-corrected chi connectivity index (χ4v) is 2.32. The first-order valence-electron chi connectivity index (χ1n) is 8.48. The number of nitrogens with one attached hydrogen (secondary N) is 1. The topological polar surface area (TPSA) is 94.1 Å². The van der Waals surface area contributed by atoms with Gasteiger partial charge in [0, 0.05) is 24.6 Å². The maximum Gasteiger partial charge on any atom is 0.407 e. The summed E-state index contributed by atoms with van der Waals surface area (Å²) in [5, 5.41) is 11.9. The molecule has 0 saturated heterocycles. The third-order valence-corrected chi connectivity index (χ3v) is 3.71. The zero-order chi connectivity index (χ0) is 20.4. The number of ether oxygens (including phenoxy) is 3. The standard InChI is InChI=1S/C21H21NO6/c1-26-18-12-16(17(20(23)24)13-19(18)27-2)10-6-7-11-22-21(25)28-14-15-8-4-3-5-9-15/h3-5,8-9,12-13H,7,11,14H2,1-2H3,(H,22,25)(H,23,24). The number of alkyl carbamates (subject to hydrolysis) is 1. The quantitative estimate of drug-likeness (QED) is 0.564. The van der Waals surface area contributed by atoms with Crippen molar-refractivity contribution in [2.24, 2.45) is 0 Å². The summed E-state index contributed by atoms with van der Waals surface area (Å²) in [6.07, 6.45) is -0.212. The zero-order valence-corrected chi connectivity index (χ0v) is 15.7. The van der Waals surface area contributed by atoms with Gasteiger partial charge >= 0.3 is 12.1 Å². The second-order valence-electron chi connectivity index (χ2n) is 5.60. The second-order valence-corrected chi connectivity index (χ2v) is 5.60. The largest absolute Gasteiger partial charge is 0.493 e. The minimum Gasteiger partial charge on any atom is -0.493 e. The molecule has 0 saturated carbocycles. The summed E-state index contributed by atoms with van der Waals surface area (Å²) in [6, 6.07) is 12.2. The molecule has 0 unspecified atom stereocenters. The van der Waals surface area contributed by atoms with Crippen LogP contribution in [0.2, 0.25) is 0 Å². The van der Waals surface area contributed by atoms with E-state index in [2.05, 4.69) is 17.2 Å². The van der Waals surface area contributed by atoms with Gasteiger partial charge in [-0.3, -0.25) is 0 Å². The molecule has 1 amide bonds. The molecule has 0 bridgehead atoms. The Labute approximate surface area is 163 Å². The molecule has 0 aliphatic carbocycles. The number of amides is 1. The van der Waals surface area contributed by atoms with Crippen molar-refractivity contribution in [1.82, 2.24) is 5.32 Å². The Balaban J connectivity index is 1.90. The van der Waals surface area contributed by atoms with Gasteiger partial charge in [0.05, 0.1) is 19.8 Å². The van der Waals surface area contributed by atoms with Crippen molar-refractivity contribution in [3.8, 4) is 23.3 Å². The highest BCUT2D eigenvalue weighted by molar-refractivity contribution is 5.91. The van der Waals surface area contributed by atoms with Crippen LogP contribution in [0.4, 0.5) is 4.79 Å². The second kappa shape index (κ2) is 10.5. The minimum atomic E-state index is -1.12. The summed E-state index contributed by atoms with van der Waals surface area (Å²) < 4.78 is 15.4. The van der Waals surface area contributed by atoms with Crippen LogP contribution in [0.1, 0.15) is 27.9 Å². The van der Waals surface area contributed by atoms with Gasteiger partial charge in [0.25, 0.3) is 0 Å². The number of hydrogen-bond donors (Lipinski definition) is 2. The summed E-state index contributed by atoms with van der Waals surface area (Å²) >= 11 is 0.